The smallest absolute Gasteiger partial charge is 0.251 e. The van der Waals surface area contributed by atoms with Crippen LogP contribution in [0.1, 0.15) is 27.2 Å². The van der Waals surface area contributed by atoms with Crippen molar-refractivity contribution in [3.8, 4) is 11.4 Å². The van der Waals surface area contributed by atoms with E-state index >= 15 is 0 Å². The molecule has 0 saturated heterocycles. The summed E-state index contributed by atoms with van der Waals surface area (Å²) in [4.78, 5) is 17.5. The van der Waals surface area contributed by atoms with E-state index in [1.54, 1.807) is 22.7 Å². The molecular weight excluding hydrogens is 375 g/mol. The molecule has 0 unspecified atom stereocenters. The van der Waals surface area contributed by atoms with Crippen LogP contribution in [0.25, 0.3) is 16.3 Å². The molecule has 0 radical (unpaired) electrons. The molecule has 4 aromatic rings. The predicted molar refractivity (Wildman–Crippen MR) is 108 cm³/mol. The number of benzene rings is 2. The highest BCUT2D eigenvalue weighted by molar-refractivity contribution is 7.15. The van der Waals surface area contributed by atoms with Crippen molar-refractivity contribution in [3.63, 3.8) is 0 Å². The average molecular weight is 394 g/mol. The lowest BCUT2D eigenvalue weighted by molar-refractivity contribution is 0.0954. The summed E-state index contributed by atoms with van der Waals surface area (Å²) in [5.41, 5.74) is 4.22. The van der Waals surface area contributed by atoms with Crippen LogP contribution in [0, 0.1) is 19.7 Å². The Kier molecular flexibility index (Phi) is 4.92. The maximum atomic E-state index is 14.0. The van der Waals surface area contributed by atoms with E-state index in [4.69, 9.17) is 0 Å². The first-order chi connectivity index (χ1) is 13.5. The summed E-state index contributed by atoms with van der Waals surface area (Å²) in [5.74, 6) is -0.0754. The van der Waals surface area contributed by atoms with Crippen LogP contribution in [0.5, 0.6) is 0 Å². The van der Waals surface area contributed by atoms with Crippen LogP contribution in [0.15, 0.2) is 47.8 Å². The van der Waals surface area contributed by atoms with Crippen molar-refractivity contribution in [2.75, 3.05) is 6.54 Å². The van der Waals surface area contributed by atoms with Crippen molar-refractivity contribution in [2.45, 2.75) is 20.3 Å². The lowest BCUT2D eigenvalue weighted by atomic mass is 10.1. The number of rotatable bonds is 5. The van der Waals surface area contributed by atoms with Gasteiger partial charge >= 0.3 is 0 Å². The van der Waals surface area contributed by atoms with Gasteiger partial charge in [0.1, 0.15) is 5.82 Å². The number of carbonyl (C=O) groups excluding carboxylic acids is 1. The molecule has 0 saturated carbocycles. The normalized spacial score (nSPS) is 11.1. The third kappa shape index (κ3) is 3.53. The Morgan fingerprint density at radius 2 is 2.00 bits per heavy atom. The molecule has 0 atom stereocenters. The summed E-state index contributed by atoms with van der Waals surface area (Å²) >= 11 is 1.45. The number of fused-ring (bicyclic) bond motifs is 1. The van der Waals surface area contributed by atoms with Crippen LogP contribution in [0.2, 0.25) is 0 Å². The maximum absolute atomic E-state index is 14.0. The van der Waals surface area contributed by atoms with Gasteiger partial charge in [-0.15, -0.1) is 16.4 Å². The third-order valence-electron chi connectivity index (χ3n) is 4.70. The van der Waals surface area contributed by atoms with E-state index in [0.717, 1.165) is 16.8 Å². The Labute approximate surface area is 165 Å². The van der Waals surface area contributed by atoms with Crippen LogP contribution in [-0.4, -0.2) is 27.0 Å². The molecule has 7 heteroatoms. The molecule has 1 N–H and O–H groups in total. The number of aryl methyl sites for hydroxylation is 2. The Bertz CT molecular complexity index is 1160. The first-order valence-corrected chi connectivity index (χ1v) is 9.84. The second kappa shape index (κ2) is 7.52. The summed E-state index contributed by atoms with van der Waals surface area (Å²) in [6, 6.07) is 12.1. The van der Waals surface area contributed by atoms with Gasteiger partial charge in [0.2, 0.25) is 4.96 Å². The zero-order valence-corrected chi connectivity index (χ0v) is 16.4. The van der Waals surface area contributed by atoms with E-state index < -0.39 is 0 Å². The van der Waals surface area contributed by atoms with Crippen molar-refractivity contribution < 1.29 is 9.18 Å². The molecule has 4 rings (SSSR count). The van der Waals surface area contributed by atoms with Gasteiger partial charge in [-0.05, 0) is 49.2 Å². The van der Waals surface area contributed by atoms with Gasteiger partial charge in [-0.2, -0.15) is 4.98 Å². The SMILES string of the molecule is Cc1ccc(C(=O)NCCc2csc3nc(-c4ccccc4F)nn23)cc1C. The molecule has 0 spiro atoms. The van der Waals surface area contributed by atoms with Crippen molar-refractivity contribution >= 4 is 22.2 Å². The number of aromatic nitrogens is 3. The monoisotopic (exact) mass is 394 g/mol. The van der Waals surface area contributed by atoms with Gasteiger partial charge in [-0.1, -0.05) is 18.2 Å². The first-order valence-electron chi connectivity index (χ1n) is 8.96. The number of halogens is 1. The Balaban J connectivity index is 1.46. The van der Waals surface area contributed by atoms with E-state index in [1.807, 2.05) is 37.4 Å². The van der Waals surface area contributed by atoms with Gasteiger partial charge in [0, 0.05) is 23.9 Å². The standard InChI is InChI=1S/C21H19FN4OS/c1-13-7-8-15(11-14(13)2)20(27)23-10-9-16-12-28-21-24-19(25-26(16)21)17-5-3-4-6-18(17)22/h3-8,11-12H,9-10H2,1-2H3,(H,23,27). The Hall–Kier alpha value is -3.06. The highest BCUT2D eigenvalue weighted by atomic mass is 32.1. The van der Waals surface area contributed by atoms with E-state index in [2.05, 4.69) is 15.4 Å². The van der Waals surface area contributed by atoms with Crippen molar-refractivity contribution in [2.24, 2.45) is 0 Å². The van der Waals surface area contributed by atoms with E-state index in [1.165, 1.54) is 17.4 Å². The molecule has 0 aliphatic rings. The molecule has 0 aliphatic heterocycles. The Morgan fingerprint density at radius 1 is 1.18 bits per heavy atom. The van der Waals surface area contributed by atoms with Crippen molar-refractivity contribution in [3.05, 3.63) is 76.0 Å². The fourth-order valence-corrected chi connectivity index (χ4v) is 3.80. The molecule has 142 valence electrons. The van der Waals surface area contributed by atoms with Crippen LogP contribution in [0.3, 0.4) is 0 Å². The van der Waals surface area contributed by atoms with E-state index in [0.29, 0.717) is 34.9 Å². The minimum absolute atomic E-state index is 0.0970. The van der Waals surface area contributed by atoms with E-state index in [9.17, 15) is 9.18 Å². The topological polar surface area (TPSA) is 59.3 Å². The summed E-state index contributed by atoms with van der Waals surface area (Å²) in [5, 5.41) is 9.35. The van der Waals surface area contributed by atoms with Crippen LogP contribution in [0.4, 0.5) is 4.39 Å². The summed E-state index contributed by atoms with van der Waals surface area (Å²) < 4.78 is 15.7. The van der Waals surface area contributed by atoms with Crippen molar-refractivity contribution in [1.29, 1.82) is 0 Å². The average Bonchev–Trinajstić information content (AvgIpc) is 3.26. The number of nitrogens with zero attached hydrogens (tertiary/aromatic N) is 3. The molecule has 0 fully saturated rings. The molecule has 0 bridgehead atoms. The lowest BCUT2D eigenvalue weighted by Gasteiger charge is -2.07. The maximum Gasteiger partial charge on any atom is 0.251 e. The molecule has 5 nitrogen and oxygen atoms in total. The van der Waals surface area contributed by atoms with Gasteiger partial charge in [0.25, 0.3) is 5.91 Å². The molecule has 28 heavy (non-hydrogen) atoms. The molecule has 0 aliphatic carbocycles. The first kappa shape index (κ1) is 18.3. The van der Waals surface area contributed by atoms with Gasteiger partial charge in [-0.25, -0.2) is 8.91 Å². The summed E-state index contributed by atoms with van der Waals surface area (Å²) in [7, 11) is 0. The molecule has 2 aromatic carbocycles. The molecule has 1 amide bonds. The fourth-order valence-electron chi connectivity index (χ4n) is 2.94. The zero-order valence-electron chi connectivity index (χ0n) is 15.6. The van der Waals surface area contributed by atoms with Gasteiger partial charge in [0.05, 0.1) is 11.3 Å². The number of amides is 1. The van der Waals surface area contributed by atoms with Crippen LogP contribution in [-0.2, 0) is 6.42 Å². The number of hydrogen-bond acceptors (Lipinski definition) is 4. The van der Waals surface area contributed by atoms with Gasteiger partial charge < -0.3 is 5.32 Å². The van der Waals surface area contributed by atoms with Crippen LogP contribution >= 0.6 is 11.3 Å². The third-order valence-corrected chi connectivity index (χ3v) is 5.57. The van der Waals surface area contributed by atoms with Crippen LogP contribution < -0.4 is 5.32 Å². The second-order valence-corrected chi connectivity index (χ2v) is 7.48. The molecular formula is C21H19FN4OS. The molecule has 2 heterocycles. The largest absolute Gasteiger partial charge is 0.352 e. The number of nitrogens with one attached hydrogen (secondary N) is 1. The van der Waals surface area contributed by atoms with Gasteiger partial charge in [-0.3, -0.25) is 4.79 Å². The Morgan fingerprint density at radius 3 is 2.79 bits per heavy atom. The minimum Gasteiger partial charge on any atom is -0.352 e. The van der Waals surface area contributed by atoms with E-state index in [-0.39, 0.29) is 11.7 Å². The predicted octanol–water partition coefficient (Wildman–Crippen LogP) is 4.19. The quantitative estimate of drug-likeness (QED) is 0.552. The fraction of sp³-hybridized carbons (Fsp3) is 0.190. The highest BCUT2D eigenvalue weighted by Crippen LogP contribution is 2.23. The second-order valence-electron chi connectivity index (χ2n) is 6.64. The number of carbonyl (C=O) groups is 1. The number of hydrogen-bond donors (Lipinski definition) is 1. The number of thiazole rings is 1. The van der Waals surface area contributed by atoms with Gasteiger partial charge in [0.15, 0.2) is 5.82 Å². The summed E-state index contributed by atoms with van der Waals surface area (Å²) in [6.07, 6.45) is 0.608. The van der Waals surface area contributed by atoms with Crippen molar-refractivity contribution in [1.82, 2.24) is 19.9 Å². The lowest BCUT2D eigenvalue weighted by Crippen LogP contribution is -2.26. The highest BCUT2D eigenvalue weighted by Gasteiger charge is 2.14. The summed E-state index contributed by atoms with van der Waals surface area (Å²) in [6.45, 7) is 4.49. The zero-order chi connectivity index (χ0) is 19.7. The molecule has 2 aromatic heterocycles. The minimum atomic E-state index is -0.344.